The van der Waals surface area contributed by atoms with Gasteiger partial charge in [-0.1, -0.05) is 23.2 Å². The first-order valence-corrected chi connectivity index (χ1v) is 8.42. The minimum Gasteiger partial charge on any atom is -0.486 e. The van der Waals surface area contributed by atoms with Crippen molar-refractivity contribution < 1.29 is 4.74 Å². The van der Waals surface area contributed by atoms with E-state index in [2.05, 4.69) is 20.6 Å². The molecule has 0 saturated heterocycles. The van der Waals surface area contributed by atoms with Crippen LogP contribution in [0.1, 0.15) is 12.1 Å². The molecular formula is C14H14Cl2N4OS. The summed E-state index contributed by atoms with van der Waals surface area (Å²) in [6.45, 7) is 2.12. The van der Waals surface area contributed by atoms with E-state index < -0.39 is 0 Å². The van der Waals surface area contributed by atoms with E-state index in [1.807, 2.05) is 5.38 Å². The molecule has 0 amide bonds. The van der Waals surface area contributed by atoms with Crippen molar-refractivity contribution >= 4 is 45.6 Å². The summed E-state index contributed by atoms with van der Waals surface area (Å²) in [4.78, 5) is 8.81. The Bertz CT molecular complexity index is 689. The first-order valence-electron chi connectivity index (χ1n) is 6.78. The van der Waals surface area contributed by atoms with E-state index in [-0.39, 0.29) is 0 Å². The van der Waals surface area contributed by atoms with Crippen LogP contribution in [0, 0.1) is 0 Å². The zero-order valence-electron chi connectivity index (χ0n) is 11.6. The van der Waals surface area contributed by atoms with Gasteiger partial charge in [-0.3, -0.25) is 4.99 Å². The highest BCUT2D eigenvalue weighted by molar-refractivity contribution is 7.13. The number of aliphatic imine (C=N–C) groups is 1. The van der Waals surface area contributed by atoms with Crippen molar-refractivity contribution in [1.29, 1.82) is 0 Å². The number of thiazole rings is 1. The molecule has 0 saturated carbocycles. The molecule has 3 rings (SSSR count). The average Bonchev–Trinajstić information content (AvgIpc) is 2.95. The fraction of sp³-hybridized carbons (Fsp3) is 0.286. The summed E-state index contributed by atoms with van der Waals surface area (Å²) in [5.41, 5.74) is 0.829. The van der Waals surface area contributed by atoms with Gasteiger partial charge in [0.25, 0.3) is 0 Å². The van der Waals surface area contributed by atoms with Gasteiger partial charge in [-0.25, -0.2) is 4.98 Å². The Balaban J connectivity index is 1.58. The summed E-state index contributed by atoms with van der Waals surface area (Å²) in [7, 11) is 0. The van der Waals surface area contributed by atoms with Crippen molar-refractivity contribution in [2.24, 2.45) is 4.99 Å². The smallest absolute Gasteiger partial charge is 0.197 e. The number of rotatable bonds is 4. The lowest BCUT2D eigenvalue weighted by Gasteiger charge is -2.14. The predicted molar refractivity (Wildman–Crippen MR) is 91.5 cm³/mol. The van der Waals surface area contributed by atoms with Crippen LogP contribution in [-0.4, -0.2) is 24.0 Å². The van der Waals surface area contributed by atoms with E-state index in [1.165, 1.54) is 11.3 Å². The van der Waals surface area contributed by atoms with Gasteiger partial charge in [0.1, 0.15) is 12.4 Å². The summed E-state index contributed by atoms with van der Waals surface area (Å²) >= 11 is 13.4. The fourth-order valence-electron chi connectivity index (χ4n) is 1.89. The van der Waals surface area contributed by atoms with Gasteiger partial charge in [0.15, 0.2) is 11.1 Å². The van der Waals surface area contributed by atoms with Crippen LogP contribution in [0.5, 0.6) is 5.75 Å². The number of halogens is 2. The standard InChI is InChI=1S/C14H14Cl2N4OS/c15-9-2-3-12(11(16)6-9)21-7-10-8-22-14(19-10)20-13-17-4-1-5-18-13/h2-3,6,8H,1,4-5,7H2,(H2,17,18,19,20). The summed E-state index contributed by atoms with van der Waals surface area (Å²) < 4.78 is 5.66. The minimum atomic E-state index is 0.347. The molecule has 0 aliphatic carbocycles. The fourth-order valence-corrected chi connectivity index (χ4v) is 3.05. The zero-order chi connectivity index (χ0) is 15.4. The molecule has 1 aliphatic heterocycles. The molecule has 2 heterocycles. The number of nitrogens with zero attached hydrogens (tertiary/aromatic N) is 2. The van der Waals surface area contributed by atoms with E-state index in [4.69, 9.17) is 27.9 Å². The Morgan fingerprint density at radius 1 is 1.36 bits per heavy atom. The van der Waals surface area contributed by atoms with Crippen molar-refractivity contribution in [2.45, 2.75) is 13.0 Å². The highest BCUT2D eigenvalue weighted by atomic mass is 35.5. The van der Waals surface area contributed by atoms with Gasteiger partial charge in [-0.15, -0.1) is 11.3 Å². The molecule has 0 atom stereocenters. The van der Waals surface area contributed by atoms with Crippen molar-refractivity contribution in [1.82, 2.24) is 10.3 Å². The van der Waals surface area contributed by atoms with E-state index in [1.54, 1.807) is 18.2 Å². The quantitative estimate of drug-likeness (QED) is 0.874. The van der Waals surface area contributed by atoms with Gasteiger partial charge in [0, 0.05) is 23.5 Å². The van der Waals surface area contributed by atoms with Crippen LogP contribution in [0.25, 0.3) is 0 Å². The van der Waals surface area contributed by atoms with Gasteiger partial charge in [-0.2, -0.15) is 0 Å². The Labute approximate surface area is 142 Å². The number of ether oxygens (including phenoxy) is 1. The van der Waals surface area contributed by atoms with Gasteiger partial charge >= 0.3 is 0 Å². The van der Waals surface area contributed by atoms with Crippen molar-refractivity contribution in [3.05, 3.63) is 39.3 Å². The van der Waals surface area contributed by atoms with Crippen LogP contribution in [0.2, 0.25) is 10.0 Å². The number of aromatic nitrogens is 1. The molecule has 0 bridgehead atoms. The van der Waals surface area contributed by atoms with Crippen LogP contribution in [-0.2, 0) is 6.61 Å². The molecule has 22 heavy (non-hydrogen) atoms. The molecule has 1 aromatic heterocycles. The molecule has 0 spiro atoms. The number of nitrogens with one attached hydrogen (secondary N) is 2. The van der Waals surface area contributed by atoms with Crippen molar-refractivity contribution in [3.63, 3.8) is 0 Å². The number of hydrogen-bond acceptors (Lipinski definition) is 6. The maximum atomic E-state index is 6.07. The van der Waals surface area contributed by atoms with E-state index >= 15 is 0 Å². The first kappa shape index (κ1) is 15.4. The van der Waals surface area contributed by atoms with Crippen LogP contribution < -0.4 is 15.4 Å². The number of anilines is 1. The molecule has 2 N–H and O–H groups in total. The topological polar surface area (TPSA) is 58.5 Å². The van der Waals surface area contributed by atoms with Gasteiger partial charge in [0.2, 0.25) is 0 Å². The van der Waals surface area contributed by atoms with Crippen molar-refractivity contribution in [3.8, 4) is 5.75 Å². The second-order valence-electron chi connectivity index (χ2n) is 4.64. The SMILES string of the molecule is Clc1ccc(OCc2csc(NC3=NCCCN3)n2)c(Cl)c1. The first-order chi connectivity index (χ1) is 10.7. The maximum absolute atomic E-state index is 6.07. The number of hydrogen-bond donors (Lipinski definition) is 2. The Hall–Kier alpha value is -1.50. The van der Waals surface area contributed by atoms with Crippen LogP contribution in [0.15, 0.2) is 28.6 Å². The lowest BCUT2D eigenvalue weighted by Crippen LogP contribution is -2.35. The van der Waals surface area contributed by atoms with E-state index in [9.17, 15) is 0 Å². The lowest BCUT2D eigenvalue weighted by molar-refractivity contribution is 0.302. The molecule has 0 fully saturated rings. The second kappa shape index (κ2) is 7.17. The molecular weight excluding hydrogens is 343 g/mol. The molecule has 5 nitrogen and oxygen atoms in total. The molecule has 8 heteroatoms. The third-order valence-corrected chi connectivity index (χ3v) is 4.28. The van der Waals surface area contributed by atoms with Crippen molar-refractivity contribution in [2.75, 3.05) is 18.4 Å². The molecule has 2 aromatic rings. The minimum absolute atomic E-state index is 0.347. The molecule has 116 valence electrons. The van der Waals surface area contributed by atoms with Gasteiger partial charge in [-0.05, 0) is 24.6 Å². The van der Waals surface area contributed by atoms with Gasteiger partial charge < -0.3 is 15.4 Å². The summed E-state index contributed by atoms with van der Waals surface area (Å²) in [5, 5.41) is 10.2. The predicted octanol–water partition coefficient (Wildman–Crippen LogP) is 3.79. The van der Waals surface area contributed by atoms with Crippen LogP contribution >= 0.6 is 34.5 Å². The third-order valence-electron chi connectivity index (χ3n) is 2.94. The summed E-state index contributed by atoms with van der Waals surface area (Å²) in [6, 6.07) is 5.14. The molecule has 0 unspecified atom stereocenters. The number of guanidine groups is 1. The maximum Gasteiger partial charge on any atom is 0.197 e. The molecule has 1 aliphatic rings. The Kier molecular flexibility index (Phi) is 5.02. The summed E-state index contributed by atoms with van der Waals surface area (Å²) in [5.74, 6) is 1.36. The van der Waals surface area contributed by atoms with Crippen LogP contribution in [0.3, 0.4) is 0 Å². The largest absolute Gasteiger partial charge is 0.486 e. The lowest BCUT2D eigenvalue weighted by atomic mass is 10.3. The normalized spacial score (nSPS) is 14.2. The zero-order valence-corrected chi connectivity index (χ0v) is 13.9. The second-order valence-corrected chi connectivity index (χ2v) is 6.34. The van der Waals surface area contributed by atoms with E-state index in [0.29, 0.717) is 22.4 Å². The van der Waals surface area contributed by atoms with E-state index in [0.717, 1.165) is 36.3 Å². The summed E-state index contributed by atoms with van der Waals surface area (Å²) in [6.07, 6.45) is 1.06. The van der Waals surface area contributed by atoms with Crippen LogP contribution in [0.4, 0.5) is 5.13 Å². The Morgan fingerprint density at radius 3 is 3.05 bits per heavy atom. The third kappa shape index (κ3) is 4.03. The Morgan fingerprint density at radius 2 is 2.27 bits per heavy atom. The number of benzene rings is 1. The highest BCUT2D eigenvalue weighted by Crippen LogP contribution is 2.28. The highest BCUT2D eigenvalue weighted by Gasteiger charge is 2.09. The van der Waals surface area contributed by atoms with Gasteiger partial charge in [0.05, 0.1) is 10.7 Å². The molecule has 0 radical (unpaired) electrons. The monoisotopic (exact) mass is 356 g/mol. The molecule has 1 aromatic carbocycles. The average molecular weight is 357 g/mol.